The number of nitriles is 1. The summed E-state index contributed by atoms with van der Waals surface area (Å²) in [5.74, 6) is 1.01. The van der Waals surface area contributed by atoms with Crippen LogP contribution in [0.5, 0.6) is 5.75 Å². The Kier molecular flexibility index (Phi) is 9.45. The molecule has 42 heavy (non-hydrogen) atoms. The molecule has 0 spiro atoms. The Morgan fingerprint density at radius 3 is 2.40 bits per heavy atom. The van der Waals surface area contributed by atoms with Crippen molar-refractivity contribution in [3.05, 3.63) is 105 Å². The molecule has 8 nitrogen and oxygen atoms in total. The molecule has 1 aromatic heterocycles. The van der Waals surface area contributed by atoms with Crippen molar-refractivity contribution < 1.29 is 18.8 Å². The van der Waals surface area contributed by atoms with Gasteiger partial charge in [-0.15, -0.1) is 0 Å². The largest absolute Gasteiger partial charge is 0.497 e. The van der Waals surface area contributed by atoms with Crippen LogP contribution in [-0.4, -0.2) is 60.7 Å². The number of benzene rings is 3. The van der Waals surface area contributed by atoms with Gasteiger partial charge in [-0.2, -0.15) is 5.26 Å². The van der Waals surface area contributed by atoms with Crippen molar-refractivity contribution in [2.45, 2.75) is 19.6 Å². The molecule has 1 aliphatic heterocycles. The minimum atomic E-state index is -0.229. The van der Waals surface area contributed by atoms with E-state index in [9.17, 15) is 4.79 Å². The minimum Gasteiger partial charge on any atom is -0.497 e. The van der Waals surface area contributed by atoms with E-state index in [4.69, 9.17) is 42.5 Å². The third-order valence-electron chi connectivity index (χ3n) is 7.36. The fourth-order valence-electron chi connectivity index (χ4n) is 5.01. The van der Waals surface area contributed by atoms with Crippen LogP contribution < -0.4 is 4.74 Å². The number of aryl methyl sites for hydroxylation is 1. The van der Waals surface area contributed by atoms with E-state index in [2.05, 4.69) is 16.1 Å². The zero-order chi connectivity index (χ0) is 29.6. The highest BCUT2D eigenvalue weighted by Crippen LogP contribution is 2.37. The number of hydrogen-bond donors (Lipinski definition) is 0. The monoisotopic (exact) mass is 604 g/mol. The van der Waals surface area contributed by atoms with Crippen molar-refractivity contribution in [3.63, 3.8) is 0 Å². The summed E-state index contributed by atoms with van der Waals surface area (Å²) in [7, 11) is 1.64. The molecule has 216 valence electrons. The Labute approximate surface area is 254 Å². The Balaban J connectivity index is 1.28. The van der Waals surface area contributed by atoms with Gasteiger partial charge in [0, 0.05) is 38.3 Å². The summed E-state index contributed by atoms with van der Waals surface area (Å²) in [5, 5.41) is 14.0. The van der Waals surface area contributed by atoms with Crippen LogP contribution in [0.1, 0.15) is 38.9 Å². The Morgan fingerprint density at radius 2 is 1.74 bits per heavy atom. The average molecular weight is 606 g/mol. The topological polar surface area (TPSA) is 91.8 Å². The number of aromatic nitrogens is 1. The van der Waals surface area contributed by atoms with Crippen molar-refractivity contribution in [1.29, 1.82) is 5.26 Å². The number of halogens is 2. The number of methoxy groups -OCH3 is 1. The minimum absolute atomic E-state index is 0.166. The highest BCUT2D eigenvalue weighted by molar-refractivity contribution is 6.39. The summed E-state index contributed by atoms with van der Waals surface area (Å²) in [5.41, 5.74) is 3.81. The molecule has 0 radical (unpaired) electrons. The van der Waals surface area contributed by atoms with E-state index in [1.54, 1.807) is 44.4 Å². The lowest BCUT2D eigenvalue weighted by Gasteiger charge is -2.36. The van der Waals surface area contributed by atoms with Gasteiger partial charge in [0.05, 0.1) is 41.5 Å². The number of carbonyl (C=O) groups excluding carboxylic acids is 1. The second-order valence-corrected chi connectivity index (χ2v) is 10.9. The maximum absolute atomic E-state index is 13.7. The van der Waals surface area contributed by atoms with Gasteiger partial charge >= 0.3 is 0 Å². The number of hydrogen-bond acceptors (Lipinski definition) is 7. The lowest BCUT2D eigenvalue weighted by atomic mass is 10.0. The lowest BCUT2D eigenvalue weighted by Crippen LogP contribution is -2.49. The van der Waals surface area contributed by atoms with Crippen LogP contribution in [0, 0.1) is 18.3 Å². The van der Waals surface area contributed by atoms with Gasteiger partial charge in [0.25, 0.3) is 5.91 Å². The first kappa shape index (κ1) is 29.6. The predicted molar refractivity (Wildman–Crippen MR) is 161 cm³/mol. The molecule has 0 saturated carbocycles. The Morgan fingerprint density at radius 1 is 1.05 bits per heavy atom. The molecular weight excluding hydrogens is 575 g/mol. The second kappa shape index (κ2) is 13.4. The van der Waals surface area contributed by atoms with Crippen molar-refractivity contribution in [1.82, 2.24) is 15.0 Å². The fourth-order valence-corrected chi connectivity index (χ4v) is 5.59. The molecule has 1 atom stereocenters. The van der Waals surface area contributed by atoms with Gasteiger partial charge in [-0.3, -0.25) is 9.69 Å². The van der Waals surface area contributed by atoms with Gasteiger partial charge in [0.2, 0.25) is 0 Å². The van der Waals surface area contributed by atoms with E-state index < -0.39 is 0 Å². The molecule has 5 rings (SSSR count). The summed E-state index contributed by atoms with van der Waals surface area (Å²) in [6.07, 6.45) is -0.229. The third kappa shape index (κ3) is 6.61. The number of ether oxygens (including phenoxy) is 2. The van der Waals surface area contributed by atoms with Crippen molar-refractivity contribution in [2.24, 2.45) is 0 Å². The van der Waals surface area contributed by atoms with Gasteiger partial charge in [-0.25, -0.2) is 0 Å². The molecule has 0 N–H and O–H groups in total. The average Bonchev–Trinajstić information content (AvgIpc) is 3.39. The molecule has 2 heterocycles. The molecular formula is C32H30Cl2N4O4. The summed E-state index contributed by atoms with van der Waals surface area (Å²) in [4.78, 5) is 17.8. The normalized spacial score (nSPS) is 14.4. The Bertz CT molecular complexity index is 1570. The van der Waals surface area contributed by atoms with Crippen LogP contribution in [0.25, 0.3) is 11.3 Å². The molecule has 10 heteroatoms. The maximum Gasteiger partial charge on any atom is 0.259 e. The summed E-state index contributed by atoms with van der Waals surface area (Å²) in [6.45, 7) is 5.14. The van der Waals surface area contributed by atoms with Crippen LogP contribution in [0.4, 0.5) is 0 Å². The zero-order valence-corrected chi connectivity index (χ0v) is 24.9. The zero-order valence-electron chi connectivity index (χ0n) is 23.3. The first-order chi connectivity index (χ1) is 20.4. The highest BCUT2D eigenvalue weighted by Gasteiger charge is 2.31. The smallest absolute Gasteiger partial charge is 0.259 e. The molecule has 1 aliphatic rings. The molecule has 4 aromatic rings. The first-order valence-electron chi connectivity index (χ1n) is 13.5. The van der Waals surface area contributed by atoms with Gasteiger partial charge in [0.1, 0.15) is 22.8 Å². The van der Waals surface area contributed by atoms with Crippen LogP contribution in [-0.2, 0) is 11.3 Å². The summed E-state index contributed by atoms with van der Waals surface area (Å²) >= 11 is 12.8. The second-order valence-electron chi connectivity index (χ2n) is 10.0. The predicted octanol–water partition coefficient (Wildman–Crippen LogP) is 6.55. The van der Waals surface area contributed by atoms with E-state index >= 15 is 0 Å². The molecule has 1 fully saturated rings. The fraction of sp³-hybridized carbons (Fsp3) is 0.281. The van der Waals surface area contributed by atoms with E-state index in [0.29, 0.717) is 77.5 Å². The maximum atomic E-state index is 13.7. The van der Waals surface area contributed by atoms with E-state index in [1.165, 1.54) is 0 Å². The van der Waals surface area contributed by atoms with E-state index in [0.717, 1.165) is 16.9 Å². The summed E-state index contributed by atoms with van der Waals surface area (Å²) in [6, 6.07) is 22.6. The SMILES string of the molecule is COc1cccc([C@H](CN2CCN(C(=O)c3c(-c4c(Cl)cccc4Cl)noc3C)CC2)OCc2ccc(C#N)cc2)c1. The molecule has 0 aliphatic carbocycles. The van der Waals surface area contributed by atoms with Gasteiger partial charge in [-0.05, 0) is 54.4 Å². The van der Waals surface area contributed by atoms with Crippen molar-refractivity contribution >= 4 is 29.1 Å². The third-order valence-corrected chi connectivity index (χ3v) is 7.99. The molecule has 3 aromatic carbocycles. The van der Waals surface area contributed by atoms with Crippen LogP contribution >= 0.6 is 23.2 Å². The van der Waals surface area contributed by atoms with Crippen molar-refractivity contribution in [3.8, 4) is 23.1 Å². The molecule has 1 amide bonds. The summed E-state index contributed by atoms with van der Waals surface area (Å²) < 4.78 is 17.3. The van der Waals surface area contributed by atoms with E-state index in [1.807, 2.05) is 41.3 Å². The van der Waals surface area contributed by atoms with Gasteiger partial charge in [-0.1, -0.05) is 58.7 Å². The molecule has 0 unspecified atom stereocenters. The number of piperazine rings is 1. The standard InChI is InChI=1S/C32H30Cl2N4O4/c1-21-29(31(36-42-21)30-26(33)7-4-8-27(30)34)32(39)38-15-13-37(14-16-38)19-28(24-5-3-6-25(17-24)40-2)41-20-23-11-9-22(18-35)10-12-23/h3-12,17,28H,13-16,19-20H2,1-2H3/t28-/m0/s1. The first-order valence-corrected chi connectivity index (χ1v) is 14.3. The highest BCUT2D eigenvalue weighted by atomic mass is 35.5. The van der Waals surface area contributed by atoms with Crippen LogP contribution in [0.2, 0.25) is 10.0 Å². The van der Waals surface area contributed by atoms with Crippen LogP contribution in [0.15, 0.2) is 71.3 Å². The van der Waals surface area contributed by atoms with Gasteiger partial charge in [0.15, 0.2) is 0 Å². The molecule has 1 saturated heterocycles. The number of amides is 1. The van der Waals surface area contributed by atoms with Gasteiger partial charge < -0.3 is 18.9 Å². The molecule has 0 bridgehead atoms. The number of carbonyl (C=O) groups is 1. The lowest BCUT2D eigenvalue weighted by molar-refractivity contribution is 0.00333. The Hall–Kier alpha value is -3.87. The number of rotatable bonds is 9. The van der Waals surface area contributed by atoms with Crippen molar-refractivity contribution in [2.75, 3.05) is 39.8 Å². The van der Waals surface area contributed by atoms with E-state index in [-0.39, 0.29) is 12.0 Å². The van der Waals surface area contributed by atoms with Crippen LogP contribution in [0.3, 0.4) is 0 Å². The number of nitrogens with zero attached hydrogens (tertiary/aromatic N) is 4. The quantitative estimate of drug-likeness (QED) is 0.214.